The van der Waals surface area contributed by atoms with E-state index in [2.05, 4.69) is 15.7 Å². The molecule has 1 amide bonds. The largest absolute Gasteiger partial charge is 0.347 e. The van der Waals surface area contributed by atoms with Gasteiger partial charge in [-0.25, -0.2) is 9.07 Å². The molecule has 1 atom stereocenters. The minimum atomic E-state index is -0.529. The number of nitrogens with zero attached hydrogens (tertiary/aromatic N) is 2. The number of aromatic nitrogens is 2. The van der Waals surface area contributed by atoms with Crippen molar-refractivity contribution in [3.63, 3.8) is 0 Å². The van der Waals surface area contributed by atoms with Gasteiger partial charge in [-0.05, 0) is 38.4 Å². The minimum Gasteiger partial charge on any atom is -0.347 e. The third-order valence-electron chi connectivity index (χ3n) is 4.04. The fourth-order valence-electron chi connectivity index (χ4n) is 2.80. The van der Waals surface area contributed by atoms with E-state index in [9.17, 15) is 14.0 Å². The lowest BCUT2D eigenvalue weighted by Gasteiger charge is -2.23. The Kier molecular flexibility index (Phi) is 4.71. The highest BCUT2D eigenvalue weighted by Gasteiger charge is 2.21. The van der Waals surface area contributed by atoms with Crippen LogP contribution in [0.25, 0.3) is 5.69 Å². The first-order valence-electron chi connectivity index (χ1n) is 7.94. The van der Waals surface area contributed by atoms with Crippen LogP contribution in [-0.4, -0.2) is 34.8 Å². The molecule has 1 aliphatic rings. The number of amides is 1. The number of piperidine rings is 1. The summed E-state index contributed by atoms with van der Waals surface area (Å²) >= 11 is 0. The fraction of sp³-hybridized carbons (Fsp3) is 0.353. The Bertz CT molecular complexity index is 812. The molecule has 2 N–H and O–H groups in total. The van der Waals surface area contributed by atoms with Crippen LogP contribution in [0.1, 0.15) is 29.0 Å². The van der Waals surface area contributed by atoms with Gasteiger partial charge in [0.25, 0.3) is 5.91 Å². The molecule has 126 valence electrons. The van der Waals surface area contributed by atoms with Crippen LogP contribution in [0.4, 0.5) is 4.39 Å². The Balaban J connectivity index is 1.94. The maximum Gasteiger partial charge on any atom is 0.276 e. The molecule has 0 bridgehead atoms. The molecule has 7 heteroatoms. The molecular formula is C17H19FN4O2. The standard InChI is InChI=1S/C17H19FN4O2/c1-11-9-15(23)16(17(24)20-12-5-4-8-19-10-12)21-22(11)14-7-3-2-6-13(14)18/h2-3,6-7,9,12,19H,4-5,8,10H2,1H3,(H,20,24). The van der Waals surface area contributed by atoms with Gasteiger partial charge in [0.05, 0.1) is 0 Å². The van der Waals surface area contributed by atoms with Crippen molar-refractivity contribution < 1.29 is 9.18 Å². The van der Waals surface area contributed by atoms with E-state index in [4.69, 9.17) is 0 Å². The Hall–Kier alpha value is -2.54. The Morgan fingerprint density at radius 3 is 2.92 bits per heavy atom. The highest BCUT2D eigenvalue weighted by molar-refractivity contribution is 5.92. The van der Waals surface area contributed by atoms with Crippen molar-refractivity contribution >= 4 is 5.91 Å². The first-order valence-corrected chi connectivity index (χ1v) is 7.94. The zero-order chi connectivity index (χ0) is 17.1. The van der Waals surface area contributed by atoms with Crippen molar-refractivity contribution in [3.8, 4) is 5.69 Å². The van der Waals surface area contributed by atoms with Crippen molar-refractivity contribution in [1.29, 1.82) is 0 Å². The van der Waals surface area contributed by atoms with Crippen LogP contribution in [0.2, 0.25) is 0 Å². The van der Waals surface area contributed by atoms with Gasteiger partial charge >= 0.3 is 0 Å². The lowest BCUT2D eigenvalue weighted by Crippen LogP contribution is -2.47. The molecule has 1 fully saturated rings. The number of nitrogens with one attached hydrogen (secondary N) is 2. The summed E-state index contributed by atoms with van der Waals surface area (Å²) in [7, 11) is 0. The SMILES string of the molecule is Cc1cc(=O)c(C(=O)NC2CCCNC2)nn1-c1ccccc1F. The molecule has 1 aromatic carbocycles. The van der Waals surface area contributed by atoms with Crippen LogP contribution in [0.3, 0.4) is 0 Å². The number of halogens is 1. The molecule has 0 aliphatic carbocycles. The van der Waals surface area contributed by atoms with Gasteiger partial charge in [0, 0.05) is 24.3 Å². The number of rotatable bonds is 3. The monoisotopic (exact) mass is 330 g/mol. The van der Waals surface area contributed by atoms with Crippen molar-refractivity contribution in [2.75, 3.05) is 13.1 Å². The number of carbonyl (C=O) groups excluding carboxylic acids is 1. The molecule has 1 aromatic heterocycles. The molecule has 0 radical (unpaired) electrons. The van der Waals surface area contributed by atoms with E-state index in [1.807, 2.05) is 0 Å². The molecule has 24 heavy (non-hydrogen) atoms. The van der Waals surface area contributed by atoms with Gasteiger partial charge in [-0.15, -0.1) is 0 Å². The fourth-order valence-corrected chi connectivity index (χ4v) is 2.80. The summed E-state index contributed by atoms with van der Waals surface area (Å²) in [4.78, 5) is 24.6. The molecule has 1 saturated heterocycles. The molecule has 0 spiro atoms. The smallest absolute Gasteiger partial charge is 0.276 e. The average molecular weight is 330 g/mol. The molecule has 6 nitrogen and oxygen atoms in total. The quantitative estimate of drug-likeness (QED) is 0.885. The average Bonchev–Trinajstić information content (AvgIpc) is 2.57. The van der Waals surface area contributed by atoms with E-state index in [0.717, 1.165) is 19.4 Å². The summed E-state index contributed by atoms with van der Waals surface area (Å²) in [6.45, 7) is 3.24. The van der Waals surface area contributed by atoms with Gasteiger partial charge in [-0.3, -0.25) is 9.59 Å². The summed E-state index contributed by atoms with van der Waals surface area (Å²) in [5.41, 5.74) is -0.0415. The third-order valence-corrected chi connectivity index (χ3v) is 4.04. The number of aryl methyl sites for hydroxylation is 1. The van der Waals surface area contributed by atoms with Crippen LogP contribution in [-0.2, 0) is 0 Å². The summed E-state index contributed by atoms with van der Waals surface area (Å²) in [6.07, 6.45) is 1.82. The minimum absolute atomic E-state index is 0.0318. The van der Waals surface area contributed by atoms with E-state index in [0.29, 0.717) is 12.2 Å². The molecule has 0 saturated carbocycles. The van der Waals surface area contributed by atoms with Crippen LogP contribution in [0, 0.1) is 12.7 Å². The van der Waals surface area contributed by atoms with E-state index in [-0.39, 0.29) is 17.4 Å². The molecule has 1 unspecified atom stereocenters. The van der Waals surface area contributed by atoms with Crippen molar-refractivity contribution in [3.05, 3.63) is 57.8 Å². The second-order valence-corrected chi connectivity index (χ2v) is 5.88. The summed E-state index contributed by atoms with van der Waals surface area (Å²) < 4.78 is 15.3. The molecule has 3 rings (SSSR count). The first kappa shape index (κ1) is 16.3. The van der Waals surface area contributed by atoms with E-state index in [1.165, 1.54) is 16.8 Å². The van der Waals surface area contributed by atoms with Gasteiger partial charge < -0.3 is 10.6 Å². The van der Waals surface area contributed by atoms with Crippen LogP contribution in [0.15, 0.2) is 35.1 Å². The normalized spacial score (nSPS) is 17.5. The molecular weight excluding hydrogens is 311 g/mol. The Morgan fingerprint density at radius 1 is 1.42 bits per heavy atom. The van der Waals surface area contributed by atoms with E-state index >= 15 is 0 Å². The first-order chi connectivity index (χ1) is 11.6. The van der Waals surface area contributed by atoms with Gasteiger partial charge in [-0.2, -0.15) is 5.10 Å². The molecule has 1 aliphatic heterocycles. The highest BCUT2D eigenvalue weighted by atomic mass is 19.1. The van der Waals surface area contributed by atoms with E-state index in [1.54, 1.807) is 25.1 Å². The van der Waals surface area contributed by atoms with Gasteiger partial charge in [0.2, 0.25) is 5.43 Å². The maximum absolute atomic E-state index is 14.0. The van der Waals surface area contributed by atoms with Crippen molar-refractivity contribution in [2.24, 2.45) is 0 Å². The van der Waals surface area contributed by atoms with Gasteiger partial charge in [0.1, 0.15) is 11.5 Å². The predicted molar refractivity (Wildman–Crippen MR) is 87.9 cm³/mol. The Morgan fingerprint density at radius 2 is 2.21 bits per heavy atom. The van der Waals surface area contributed by atoms with Crippen LogP contribution in [0.5, 0.6) is 0 Å². The maximum atomic E-state index is 14.0. The number of hydrogen-bond acceptors (Lipinski definition) is 4. The zero-order valence-corrected chi connectivity index (χ0v) is 13.4. The number of carbonyl (C=O) groups is 1. The van der Waals surface area contributed by atoms with Crippen LogP contribution < -0.4 is 16.1 Å². The van der Waals surface area contributed by atoms with E-state index < -0.39 is 17.2 Å². The van der Waals surface area contributed by atoms with Gasteiger partial charge in [-0.1, -0.05) is 12.1 Å². The lowest BCUT2D eigenvalue weighted by atomic mass is 10.1. The lowest BCUT2D eigenvalue weighted by molar-refractivity contribution is 0.0922. The van der Waals surface area contributed by atoms with Crippen molar-refractivity contribution in [1.82, 2.24) is 20.4 Å². The third kappa shape index (κ3) is 3.35. The Labute approximate surface area is 138 Å². The highest BCUT2D eigenvalue weighted by Crippen LogP contribution is 2.13. The number of hydrogen-bond donors (Lipinski definition) is 2. The predicted octanol–water partition coefficient (Wildman–Crippen LogP) is 1.16. The molecule has 2 heterocycles. The second kappa shape index (κ2) is 6.92. The zero-order valence-electron chi connectivity index (χ0n) is 13.4. The summed E-state index contributed by atoms with van der Waals surface area (Å²) in [5.74, 6) is -1.00. The topological polar surface area (TPSA) is 76.0 Å². The second-order valence-electron chi connectivity index (χ2n) is 5.88. The summed E-state index contributed by atoms with van der Waals surface area (Å²) in [5, 5.41) is 10.1. The molecule has 2 aromatic rings. The van der Waals surface area contributed by atoms with Gasteiger partial charge in [0.15, 0.2) is 5.69 Å². The van der Waals surface area contributed by atoms with Crippen LogP contribution >= 0.6 is 0 Å². The summed E-state index contributed by atoms with van der Waals surface area (Å²) in [6, 6.07) is 7.36. The number of benzene rings is 1. The van der Waals surface area contributed by atoms with Crippen molar-refractivity contribution in [2.45, 2.75) is 25.8 Å². The number of para-hydroxylation sites is 1.